The van der Waals surface area contributed by atoms with Gasteiger partial charge in [0.15, 0.2) is 0 Å². The Morgan fingerprint density at radius 1 is 1.38 bits per heavy atom. The Morgan fingerprint density at radius 3 is 3.00 bits per heavy atom. The third-order valence-corrected chi connectivity index (χ3v) is 4.32. The lowest BCUT2D eigenvalue weighted by Crippen LogP contribution is -1.99. The molecule has 3 aromatic rings. The molecule has 0 radical (unpaired) electrons. The van der Waals surface area contributed by atoms with Gasteiger partial charge in [0, 0.05) is 34.1 Å². The van der Waals surface area contributed by atoms with Crippen molar-refractivity contribution >= 4 is 45.5 Å². The van der Waals surface area contributed by atoms with Gasteiger partial charge in [0.1, 0.15) is 0 Å². The molecule has 2 N–H and O–H groups in total. The second kappa shape index (κ2) is 5.71. The second-order valence-electron chi connectivity index (χ2n) is 4.45. The predicted octanol–water partition coefficient (Wildman–Crippen LogP) is 4.26. The molecule has 0 aliphatic carbocycles. The molecular weight excluding hydrogens is 308 g/mol. The molecule has 2 heterocycles. The third kappa shape index (κ3) is 2.84. The van der Waals surface area contributed by atoms with E-state index >= 15 is 0 Å². The summed E-state index contributed by atoms with van der Waals surface area (Å²) in [6, 6.07) is 9.19. The smallest absolute Gasteiger partial charge is 0.336 e. The van der Waals surface area contributed by atoms with Gasteiger partial charge in [-0.1, -0.05) is 11.6 Å². The highest BCUT2D eigenvalue weighted by molar-refractivity contribution is 7.10. The Morgan fingerprint density at radius 2 is 2.24 bits per heavy atom. The molecule has 0 fully saturated rings. The number of aromatic carboxylic acids is 1. The van der Waals surface area contributed by atoms with Gasteiger partial charge in [-0.05, 0) is 30.3 Å². The first-order chi connectivity index (χ1) is 10.1. The lowest BCUT2D eigenvalue weighted by atomic mass is 10.2. The third-order valence-electron chi connectivity index (χ3n) is 3.07. The van der Waals surface area contributed by atoms with Crippen LogP contribution in [0.15, 0.2) is 41.9 Å². The van der Waals surface area contributed by atoms with Crippen LogP contribution in [-0.2, 0) is 6.54 Å². The topological polar surface area (TPSA) is 62.2 Å². The highest BCUT2D eigenvalue weighted by atomic mass is 35.5. The summed E-state index contributed by atoms with van der Waals surface area (Å²) in [5.74, 6) is -0.904. The van der Waals surface area contributed by atoms with Crippen LogP contribution >= 0.6 is 22.9 Å². The van der Waals surface area contributed by atoms with Crippen molar-refractivity contribution in [3.63, 3.8) is 0 Å². The van der Waals surface area contributed by atoms with Gasteiger partial charge in [0.2, 0.25) is 0 Å². The molecule has 1 aromatic carbocycles. The van der Waals surface area contributed by atoms with Crippen LogP contribution in [0, 0.1) is 0 Å². The number of carboxylic acid groups (broad SMARTS) is 1. The minimum atomic E-state index is -0.904. The van der Waals surface area contributed by atoms with E-state index in [0.29, 0.717) is 17.1 Å². The minimum Gasteiger partial charge on any atom is -0.478 e. The van der Waals surface area contributed by atoms with Crippen molar-refractivity contribution in [2.45, 2.75) is 6.54 Å². The fourth-order valence-electron chi connectivity index (χ4n) is 2.06. The van der Waals surface area contributed by atoms with Crippen LogP contribution in [0.2, 0.25) is 5.02 Å². The van der Waals surface area contributed by atoms with Crippen molar-refractivity contribution in [1.82, 2.24) is 4.98 Å². The summed E-state index contributed by atoms with van der Waals surface area (Å²) in [5, 5.41) is 15.4. The first kappa shape index (κ1) is 13.9. The number of carboxylic acids is 1. The van der Waals surface area contributed by atoms with Crippen molar-refractivity contribution in [2.75, 3.05) is 5.32 Å². The van der Waals surface area contributed by atoms with Gasteiger partial charge in [-0.15, -0.1) is 11.3 Å². The Labute approximate surface area is 130 Å². The summed E-state index contributed by atoms with van der Waals surface area (Å²) in [6.45, 7) is 0.559. The molecule has 0 saturated carbocycles. The number of thiophene rings is 1. The summed E-state index contributed by atoms with van der Waals surface area (Å²) in [7, 11) is 0. The first-order valence-corrected chi connectivity index (χ1v) is 7.49. The maximum atomic E-state index is 10.9. The standard InChI is InChI=1S/C15H11ClN2O2S/c16-12-3-4-13(11-2-1-5-17-14(11)12)18-7-10-6-9(8-21-10)15(19)20/h1-6,8,18H,7H2,(H,19,20). The Hall–Kier alpha value is -2.11. The quantitative estimate of drug-likeness (QED) is 0.754. The molecular formula is C15H11ClN2O2S. The number of hydrogen-bond acceptors (Lipinski definition) is 4. The molecule has 106 valence electrons. The van der Waals surface area contributed by atoms with Gasteiger partial charge in [-0.25, -0.2) is 4.79 Å². The second-order valence-corrected chi connectivity index (χ2v) is 5.86. The number of halogens is 1. The van der Waals surface area contributed by atoms with Crippen LogP contribution in [-0.4, -0.2) is 16.1 Å². The largest absolute Gasteiger partial charge is 0.478 e. The molecule has 0 aliphatic heterocycles. The molecule has 21 heavy (non-hydrogen) atoms. The summed E-state index contributed by atoms with van der Waals surface area (Å²) < 4.78 is 0. The van der Waals surface area contributed by atoms with Crippen molar-refractivity contribution in [1.29, 1.82) is 0 Å². The maximum Gasteiger partial charge on any atom is 0.336 e. The van der Waals surface area contributed by atoms with Gasteiger partial charge >= 0.3 is 5.97 Å². The number of rotatable bonds is 4. The van der Waals surface area contributed by atoms with Crippen molar-refractivity contribution < 1.29 is 9.90 Å². The van der Waals surface area contributed by atoms with E-state index < -0.39 is 5.97 Å². The van der Waals surface area contributed by atoms with E-state index in [2.05, 4.69) is 10.3 Å². The van der Waals surface area contributed by atoms with Crippen molar-refractivity contribution in [3.8, 4) is 0 Å². The molecule has 3 rings (SSSR count). The van der Waals surface area contributed by atoms with Crippen LogP contribution in [0.1, 0.15) is 15.2 Å². The van der Waals surface area contributed by atoms with E-state index in [-0.39, 0.29) is 0 Å². The molecule has 0 bridgehead atoms. The number of nitrogens with zero attached hydrogens (tertiary/aromatic N) is 1. The zero-order valence-electron chi connectivity index (χ0n) is 10.8. The van der Waals surface area contributed by atoms with Crippen molar-refractivity contribution in [2.24, 2.45) is 0 Å². The average Bonchev–Trinajstić information content (AvgIpc) is 2.96. The fourth-order valence-corrected chi connectivity index (χ4v) is 3.07. The monoisotopic (exact) mass is 318 g/mol. The summed E-state index contributed by atoms with van der Waals surface area (Å²) in [6.07, 6.45) is 1.70. The SMILES string of the molecule is O=C(O)c1csc(CNc2ccc(Cl)c3ncccc23)c1. The lowest BCUT2D eigenvalue weighted by molar-refractivity contribution is 0.0697. The molecule has 2 aromatic heterocycles. The van der Waals surface area contributed by atoms with Gasteiger partial charge in [-0.3, -0.25) is 4.98 Å². The highest BCUT2D eigenvalue weighted by Crippen LogP contribution is 2.28. The zero-order valence-corrected chi connectivity index (χ0v) is 12.4. The number of aromatic nitrogens is 1. The van der Waals surface area contributed by atoms with Gasteiger partial charge in [0.05, 0.1) is 16.1 Å². The summed E-state index contributed by atoms with van der Waals surface area (Å²) in [4.78, 5) is 16.1. The number of hydrogen-bond donors (Lipinski definition) is 2. The molecule has 0 spiro atoms. The molecule has 0 saturated heterocycles. The molecule has 0 amide bonds. The molecule has 0 unspecified atom stereocenters. The number of fused-ring (bicyclic) bond motifs is 1. The molecule has 6 heteroatoms. The Bertz CT molecular complexity index is 816. The van der Waals surface area contributed by atoms with Crippen LogP contribution in [0.3, 0.4) is 0 Å². The van der Waals surface area contributed by atoms with E-state index in [1.54, 1.807) is 23.7 Å². The first-order valence-electron chi connectivity index (χ1n) is 6.23. The highest BCUT2D eigenvalue weighted by Gasteiger charge is 2.08. The van der Waals surface area contributed by atoms with E-state index in [1.165, 1.54) is 11.3 Å². The number of benzene rings is 1. The molecule has 0 aliphatic rings. The van der Waals surface area contributed by atoms with E-state index in [9.17, 15) is 4.79 Å². The van der Waals surface area contributed by atoms with Crippen LogP contribution in [0.5, 0.6) is 0 Å². The lowest BCUT2D eigenvalue weighted by Gasteiger charge is -2.09. The predicted molar refractivity (Wildman–Crippen MR) is 85.4 cm³/mol. The normalized spacial score (nSPS) is 10.7. The van der Waals surface area contributed by atoms with Crippen LogP contribution in [0.25, 0.3) is 10.9 Å². The van der Waals surface area contributed by atoms with Gasteiger partial charge < -0.3 is 10.4 Å². The molecule has 0 atom stereocenters. The van der Waals surface area contributed by atoms with Gasteiger partial charge in [-0.2, -0.15) is 0 Å². The van der Waals surface area contributed by atoms with E-state index in [4.69, 9.17) is 16.7 Å². The fraction of sp³-hybridized carbons (Fsp3) is 0.0667. The Kier molecular flexibility index (Phi) is 3.77. The van der Waals surface area contributed by atoms with Crippen molar-refractivity contribution in [3.05, 3.63) is 57.4 Å². The van der Waals surface area contributed by atoms with Gasteiger partial charge in [0.25, 0.3) is 0 Å². The minimum absolute atomic E-state index is 0.319. The number of anilines is 1. The molecule has 4 nitrogen and oxygen atoms in total. The summed E-state index contributed by atoms with van der Waals surface area (Å²) in [5.41, 5.74) is 1.99. The average molecular weight is 319 g/mol. The Balaban J connectivity index is 1.85. The van der Waals surface area contributed by atoms with E-state index in [1.807, 2.05) is 18.2 Å². The zero-order chi connectivity index (χ0) is 14.8. The maximum absolute atomic E-state index is 10.9. The number of nitrogens with one attached hydrogen (secondary N) is 1. The van der Waals surface area contributed by atoms with E-state index in [0.717, 1.165) is 21.5 Å². The number of carbonyl (C=O) groups is 1. The van der Waals surface area contributed by atoms with Crippen LogP contribution < -0.4 is 5.32 Å². The number of pyridine rings is 1. The summed E-state index contributed by atoms with van der Waals surface area (Å²) >= 11 is 7.55. The van der Waals surface area contributed by atoms with Crippen LogP contribution in [0.4, 0.5) is 5.69 Å².